The SMILES string of the molecule is Cc1cc(C#CC2CC2)ccc1/C(C=NCC1CCOCC1)=N/N. The van der Waals surface area contributed by atoms with Gasteiger partial charge in [-0.3, -0.25) is 4.99 Å². The summed E-state index contributed by atoms with van der Waals surface area (Å²) in [6.07, 6.45) is 6.46. The number of ether oxygens (including phenoxy) is 1. The first-order chi connectivity index (χ1) is 11.8. The molecule has 1 aromatic carbocycles. The van der Waals surface area contributed by atoms with Gasteiger partial charge in [-0.1, -0.05) is 17.9 Å². The third-order valence-electron chi connectivity index (χ3n) is 4.56. The molecule has 1 aliphatic heterocycles. The Hall–Kier alpha value is -2.12. The van der Waals surface area contributed by atoms with Gasteiger partial charge in [-0.15, -0.1) is 0 Å². The Morgan fingerprint density at radius 3 is 2.75 bits per heavy atom. The number of nitrogens with zero attached hydrogens (tertiary/aromatic N) is 2. The Kier molecular flexibility index (Phi) is 5.66. The first kappa shape index (κ1) is 16.7. The number of aryl methyl sites for hydroxylation is 1. The second-order valence-electron chi connectivity index (χ2n) is 6.64. The van der Waals surface area contributed by atoms with Crippen LogP contribution in [0.4, 0.5) is 0 Å². The van der Waals surface area contributed by atoms with Crippen LogP contribution in [0.15, 0.2) is 28.3 Å². The highest BCUT2D eigenvalue weighted by molar-refractivity contribution is 6.38. The summed E-state index contributed by atoms with van der Waals surface area (Å²) >= 11 is 0. The summed E-state index contributed by atoms with van der Waals surface area (Å²) in [5.41, 5.74) is 3.92. The van der Waals surface area contributed by atoms with Crippen molar-refractivity contribution in [3.8, 4) is 11.8 Å². The minimum Gasteiger partial charge on any atom is -0.381 e. The number of aliphatic imine (C=N–C) groups is 1. The van der Waals surface area contributed by atoms with Crippen LogP contribution in [0.3, 0.4) is 0 Å². The molecule has 0 atom stereocenters. The van der Waals surface area contributed by atoms with Crippen molar-refractivity contribution in [3.63, 3.8) is 0 Å². The molecule has 0 radical (unpaired) electrons. The summed E-state index contributed by atoms with van der Waals surface area (Å²) in [7, 11) is 0. The van der Waals surface area contributed by atoms with Gasteiger partial charge in [0.1, 0.15) is 5.71 Å². The zero-order valence-electron chi connectivity index (χ0n) is 14.3. The summed E-state index contributed by atoms with van der Waals surface area (Å²) < 4.78 is 5.38. The van der Waals surface area contributed by atoms with Crippen molar-refractivity contribution in [2.75, 3.05) is 19.8 Å². The second-order valence-corrected chi connectivity index (χ2v) is 6.64. The second kappa shape index (κ2) is 8.12. The van der Waals surface area contributed by atoms with E-state index in [2.05, 4.69) is 34.9 Å². The lowest BCUT2D eigenvalue weighted by Crippen LogP contribution is -2.18. The van der Waals surface area contributed by atoms with Crippen LogP contribution in [0.25, 0.3) is 0 Å². The van der Waals surface area contributed by atoms with Gasteiger partial charge in [0.05, 0.1) is 0 Å². The smallest absolute Gasteiger partial charge is 0.108 e. The normalized spacial score (nSPS) is 19.3. The first-order valence-corrected chi connectivity index (χ1v) is 8.74. The Labute approximate surface area is 144 Å². The van der Waals surface area contributed by atoms with Crippen LogP contribution in [0.5, 0.6) is 0 Å². The summed E-state index contributed by atoms with van der Waals surface area (Å²) in [6.45, 7) is 4.57. The molecule has 1 aromatic rings. The summed E-state index contributed by atoms with van der Waals surface area (Å²) in [4.78, 5) is 4.55. The van der Waals surface area contributed by atoms with Crippen LogP contribution < -0.4 is 5.84 Å². The molecular weight excluding hydrogens is 298 g/mol. The van der Waals surface area contributed by atoms with E-state index < -0.39 is 0 Å². The number of rotatable bonds is 4. The van der Waals surface area contributed by atoms with Crippen molar-refractivity contribution in [2.24, 2.45) is 27.8 Å². The molecule has 2 fully saturated rings. The van der Waals surface area contributed by atoms with Crippen LogP contribution in [-0.2, 0) is 4.74 Å². The molecule has 1 heterocycles. The Balaban J connectivity index is 1.65. The van der Waals surface area contributed by atoms with Gasteiger partial charge in [0.25, 0.3) is 0 Å². The molecule has 2 N–H and O–H groups in total. The number of benzene rings is 1. The molecule has 24 heavy (non-hydrogen) atoms. The number of hydrogen-bond acceptors (Lipinski definition) is 4. The maximum atomic E-state index is 5.59. The number of hydrazone groups is 1. The van der Waals surface area contributed by atoms with E-state index in [0.717, 1.165) is 55.0 Å². The summed E-state index contributed by atoms with van der Waals surface area (Å²) in [6, 6.07) is 6.18. The van der Waals surface area contributed by atoms with Crippen LogP contribution in [0, 0.1) is 30.6 Å². The van der Waals surface area contributed by atoms with E-state index in [9.17, 15) is 0 Å². The van der Waals surface area contributed by atoms with Crippen LogP contribution in [-0.4, -0.2) is 31.7 Å². The van der Waals surface area contributed by atoms with E-state index in [1.165, 1.54) is 12.8 Å². The van der Waals surface area contributed by atoms with Gasteiger partial charge >= 0.3 is 0 Å². The summed E-state index contributed by atoms with van der Waals surface area (Å²) in [5, 5.41) is 3.92. The maximum absolute atomic E-state index is 5.59. The highest BCUT2D eigenvalue weighted by atomic mass is 16.5. The number of nitrogens with two attached hydrogens (primary N) is 1. The predicted octanol–water partition coefficient (Wildman–Crippen LogP) is 2.92. The Bertz CT molecular complexity index is 687. The molecule has 1 aliphatic carbocycles. The molecule has 0 unspecified atom stereocenters. The predicted molar refractivity (Wildman–Crippen MR) is 98.4 cm³/mol. The minimum atomic E-state index is 0.607. The van der Waals surface area contributed by atoms with Crippen molar-refractivity contribution in [1.29, 1.82) is 0 Å². The van der Waals surface area contributed by atoms with Crippen LogP contribution >= 0.6 is 0 Å². The van der Waals surface area contributed by atoms with Crippen molar-refractivity contribution in [3.05, 3.63) is 34.9 Å². The van der Waals surface area contributed by atoms with Gasteiger partial charge in [0, 0.05) is 43.0 Å². The lowest BCUT2D eigenvalue weighted by atomic mass is 10.0. The highest BCUT2D eigenvalue weighted by Crippen LogP contribution is 2.27. The molecular formula is C20H25N3O. The zero-order chi connectivity index (χ0) is 16.8. The van der Waals surface area contributed by atoms with E-state index >= 15 is 0 Å². The molecule has 126 valence electrons. The van der Waals surface area contributed by atoms with Crippen LogP contribution in [0.2, 0.25) is 0 Å². The summed E-state index contributed by atoms with van der Waals surface area (Å²) in [5.74, 6) is 13.4. The molecule has 0 aromatic heterocycles. The van der Waals surface area contributed by atoms with E-state index in [-0.39, 0.29) is 0 Å². The van der Waals surface area contributed by atoms with Crippen molar-refractivity contribution in [2.45, 2.75) is 32.6 Å². The molecule has 3 rings (SSSR count). The van der Waals surface area contributed by atoms with E-state index in [4.69, 9.17) is 10.6 Å². The van der Waals surface area contributed by atoms with E-state index in [1.807, 2.05) is 12.1 Å². The fourth-order valence-corrected chi connectivity index (χ4v) is 2.83. The average Bonchev–Trinajstić information content (AvgIpc) is 3.43. The van der Waals surface area contributed by atoms with Gasteiger partial charge in [0.2, 0.25) is 0 Å². The van der Waals surface area contributed by atoms with Gasteiger partial charge in [-0.05, 0) is 56.2 Å². The molecule has 0 spiro atoms. The lowest BCUT2D eigenvalue weighted by Gasteiger charge is -2.19. The van der Waals surface area contributed by atoms with Gasteiger partial charge in [-0.25, -0.2) is 0 Å². The number of hydrogen-bond donors (Lipinski definition) is 1. The van der Waals surface area contributed by atoms with Gasteiger partial charge in [0.15, 0.2) is 0 Å². The monoisotopic (exact) mass is 323 g/mol. The third kappa shape index (κ3) is 4.69. The fourth-order valence-electron chi connectivity index (χ4n) is 2.83. The topological polar surface area (TPSA) is 60.0 Å². The molecule has 1 saturated heterocycles. The van der Waals surface area contributed by atoms with Crippen LogP contribution in [0.1, 0.15) is 42.4 Å². The molecule has 0 bridgehead atoms. The third-order valence-corrected chi connectivity index (χ3v) is 4.56. The minimum absolute atomic E-state index is 0.607. The largest absolute Gasteiger partial charge is 0.381 e. The highest BCUT2D eigenvalue weighted by Gasteiger charge is 2.17. The van der Waals surface area contributed by atoms with Crippen molar-refractivity contribution < 1.29 is 4.74 Å². The average molecular weight is 323 g/mol. The first-order valence-electron chi connectivity index (χ1n) is 8.74. The van der Waals surface area contributed by atoms with E-state index in [0.29, 0.717) is 11.8 Å². The maximum Gasteiger partial charge on any atom is 0.108 e. The van der Waals surface area contributed by atoms with Crippen molar-refractivity contribution >= 4 is 11.9 Å². The Morgan fingerprint density at radius 1 is 1.29 bits per heavy atom. The van der Waals surface area contributed by atoms with Gasteiger partial charge < -0.3 is 10.6 Å². The van der Waals surface area contributed by atoms with Crippen molar-refractivity contribution in [1.82, 2.24) is 0 Å². The lowest BCUT2D eigenvalue weighted by molar-refractivity contribution is 0.0690. The molecule has 4 nitrogen and oxygen atoms in total. The molecule has 2 aliphatic rings. The molecule has 4 heteroatoms. The fraction of sp³-hybridized carbons (Fsp3) is 0.500. The zero-order valence-corrected chi connectivity index (χ0v) is 14.3. The quantitative estimate of drug-likeness (QED) is 0.401. The molecule has 1 saturated carbocycles. The standard InChI is InChI=1S/C20H25N3O/c1-15-12-17(5-4-16-2-3-16)6-7-19(15)20(23-21)14-22-13-18-8-10-24-11-9-18/h6-7,12,14,16,18H,2-3,8-11,13,21H2,1H3/b22-14?,23-20+. The van der Waals surface area contributed by atoms with E-state index in [1.54, 1.807) is 6.21 Å². The molecule has 0 amide bonds. The van der Waals surface area contributed by atoms with Gasteiger partial charge in [-0.2, -0.15) is 5.10 Å². The Morgan fingerprint density at radius 2 is 2.08 bits per heavy atom.